The Labute approximate surface area is 475 Å². The topological polar surface area (TPSA) is 491 Å². The summed E-state index contributed by atoms with van der Waals surface area (Å²) in [6, 6.07) is -14.5. The Morgan fingerprint density at radius 2 is 0.926 bits per heavy atom. The van der Waals surface area contributed by atoms with Gasteiger partial charge in [-0.25, -0.2) is 0 Å². The molecule has 0 aromatic rings. The average molecular weight is 1160 g/mol. The fraction of sp³-hybridized carbons (Fsp3) is 0.788. The first-order chi connectivity index (χ1) is 38.1. The fourth-order valence-electron chi connectivity index (χ4n) is 8.62. The zero-order valence-corrected chi connectivity index (χ0v) is 48.7. The molecule has 0 radical (unpaired) electrons. The van der Waals surface area contributed by atoms with Gasteiger partial charge in [-0.15, -0.1) is 0 Å². The van der Waals surface area contributed by atoms with Crippen LogP contribution in [0.2, 0.25) is 0 Å². The van der Waals surface area contributed by atoms with E-state index in [4.69, 9.17) is 28.7 Å². The van der Waals surface area contributed by atoms with Crippen molar-refractivity contribution in [1.82, 2.24) is 58.5 Å². The molecule has 1 aliphatic heterocycles. The van der Waals surface area contributed by atoms with Gasteiger partial charge in [0.05, 0.1) is 12.2 Å². The zero-order chi connectivity index (χ0) is 61.5. The summed E-state index contributed by atoms with van der Waals surface area (Å²) < 4.78 is 0. The van der Waals surface area contributed by atoms with Gasteiger partial charge in [0.15, 0.2) is 0 Å². The molecule has 11 amide bonds. The van der Waals surface area contributed by atoms with Gasteiger partial charge in [-0.1, -0.05) is 54.4 Å². The van der Waals surface area contributed by atoms with Crippen LogP contribution in [0.25, 0.3) is 0 Å². The number of hydrogen-bond donors (Lipinski definition) is 18. The van der Waals surface area contributed by atoms with E-state index in [2.05, 4.69) is 72.3 Å². The first kappa shape index (κ1) is 72.9. The maximum absolute atomic E-state index is 14.4. The summed E-state index contributed by atoms with van der Waals surface area (Å²) in [7, 11) is 0. The van der Waals surface area contributed by atoms with E-state index >= 15 is 0 Å². The van der Waals surface area contributed by atoms with Crippen molar-refractivity contribution in [1.29, 1.82) is 0 Å². The van der Waals surface area contributed by atoms with Crippen LogP contribution in [0.3, 0.4) is 0 Å². The van der Waals surface area contributed by atoms with E-state index in [-0.39, 0.29) is 95.9 Å². The Balaban J connectivity index is 3.83. The number of hydrogen-bond acceptors (Lipinski definition) is 18. The molecule has 29 nitrogen and oxygen atoms in total. The third-order valence-corrected chi connectivity index (χ3v) is 13.1. The lowest BCUT2D eigenvalue weighted by atomic mass is 9.99. The van der Waals surface area contributed by atoms with Crippen LogP contribution in [0, 0.1) is 17.8 Å². The molecule has 1 saturated heterocycles. The summed E-state index contributed by atoms with van der Waals surface area (Å²) in [6.45, 7) is 12.6. The van der Waals surface area contributed by atoms with Gasteiger partial charge >= 0.3 is 0 Å². The van der Waals surface area contributed by atoms with Crippen molar-refractivity contribution in [2.45, 2.75) is 205 Å². The molecule has 0 aromatic carbocycles. The summed E-state index contributed by atoms with van der Waals surface area (Å²) >= 11 is 0. The predicted molar refractivity (Wildman–Crippen MR) is 301 cm³/mol. The summed E-state index contributed by atoms with van der Waals surface area (Å²) in [5.74, 6) is -9.55. The minimum absolute atomic E-state index is 0.0139. The molecule has 0 spiro atoms. The normalized spacial score (nSPS) is 23.2. The molecule has 0 aromatic heterocycles. The summed E-state index contributed by atoms with van der Waals surface area (Å²) in [5, 5.41) is 49.5. The fourth-order valence-corrected chi connectivity index (χ4v) is 8.62. The van der Waals surface area contributed by atoms with Crippen LogP contribution in [0.4, 0.5) is 0 Å². The minimum Gasteiger partial charge on any atom is -0.391 e. The number of aliphatic hydroxyl groups is 2. The Kier molecular flexibility index (Phi) is 34.7. The lowest BCUT2D eigenvalue weighted by molar-refractivity contribution is -0.137. The molecule has 464 valence electrons. The maximum atomic E-state index is 14.4. The predicted octanol–water partition coefficient (Wildman–Crippen LogP) is -5.83. The number of rotatable bonds is 28. The number of carbonyl (C=O) groups excluding carboxylic acids is 11. The highest BCUT2D eigenvalue weighted by Crippen LogP contribution is 2.13. The van der Waals surface area contributed by atoms with Gasteiger partial charge in [0, 0.05) is 13.0 Å². The summed E-state index contributed by atoms with van der Waals surface area (Å²) in [5.41, 5.74) is 29.2. The highest BCUT2D eigenvalue weighted by molar-refractivity contribution is 5.99. The second kappa shape index (κ2) is 38.6. The molecule has 1 rings (SSSR count). The van der Waals surface area contributed by atoms with Crippen LogP contribution >= 0.6 is 0 Å². The molecule has 0 saturated carbocycles. The van der Waals surface area contributed by atoms with Gasteiger partial charge < -0.3 is 97.4 Å². The van der Waals surface area contributed by atoms with Crippen LogP contribution in [0.15, 0.2) is 0 Å². The van der Waals surface area contributed by atoms with E-state index in [0.717, 1.165) is 12.8 Å². The quantitative estimate of drug-likeness (QED) is 0.0325. The Morgan fingerprint density at radius 3 is 1.35 bits per heavy atom. The van der Waals surface area contributed by atoms with Gasteiger partial charge in [0.1, 0.15) is 60.4 Å². The van der Waals surface area contributed by atoms with E-state index in [1.165, 1.54) is 13.8 Å². The first-order valence-electron chi connectivity index (χ1n) is 28.3. The zero-order valence-electron chi connectivity index (χ0n) is 48.7. The number of nitrogens with one attached hydrogen (secondary N) is 11. The first-order valence-corrected chi connectivity index (χ1v) is 28.3. The molecule has 12 atom stereocenters. The van der Waals surface area contributed by atoms with Crippen molar-refractivity contribution in [3.05, 3.63) is 0 Å². The molecule has 0 aliphatic carbocycles. The molecule has 1 fully saturated rings. The van der Waals surface area contributed by atoms with Crippen LogP contribution in [-0.2, 0) is 52.7 Å². The minimum atomic E-state index is -1.69. The highest BCUT2D eigenvalue weighted by Gasteiger charge is 2.37. The molecule has 0 bridgehead atoms. The van der Waals surface area contributed by atoms with E-state index in [9.17, 15) is 63.0 Å². The van der Waals surface area contributed by atoms with Crippen LogP contribution in [-0.4, -0.2) is 187 Å². The molecule has 23 N–H and O–H groups in total. The van der Waals surface area contributed by atoms with Crippen LogP contribution in [0.5, 0.6) is 0 Å². The lowest BCUT2D eigenvalue weighted by Crippen LogP contribution is -2.62. The van der Waals surface area contributed by atoms with Crippen LogP contribution < -0.4 is 87.2 Å². The smallest absolute Gasteiger partial charge is 0.245 e. The largest absolute Gasteiger partial charge is 0.391 e. The Bertz CT molecular complexity index is 2050. The second-order valence-electron chi connectivity index (χ2n) is 21.9. The number of carbonyl (C=O) groups is 11. The summed E-state index contributed by atoms with van der Waals surface area (Å²) in [6.07, 6.45) is -1.81. The van der Waals surface area contributed by atoms with Gasteiger partial charge in [-0.05, 0) is 122 Å². The van der Waals surface area contributed by atoms with E-state index in [0.29, 0.717) is 12.3 Å². The Hall–Kier alpha value is -6.11. The van der Waals surface area contributed by atoms with Gasteiger partial charge in [-0.2, -0.15) is 0 Å². The number of amides is 11. The molecular weight excluding hydrogens is 1060 g/mol. The van der Waals surface area contributed by atoms with Gasteiger partial charge in [0.25, 0.3) is 0 Å². The monoisotopic (exact) mass is 1150 g/mol. The maximum Gasteiger partial charge on any atom is 0.245 e. The van der Waals surface area contributed by atoms with Crippen molar-refractivity contribution in [3.63, 3.8) is 0 Å². The Morgan fingerprint density at radius 1 is 0.494 bits per heavy atom. The highest BCUT2D eigenvalue weighted by atomic mass is 16.3. The second-order valence-corrected chi connectivity index (χ2v) is 21.9. The summed E-state index contributed by atoms with van der Waals surface area (Å²) in [4.78, 5) is 152. The van der Waals surface area contributed by atoms with Gasteiger partial charge in [-0.3, -0.25) is 52.7 Å². The SMILES string of the molecule is CC(C)CCCCC(=O)N[C@@H](CCN)C(=O)N[C@H](C(=O)N[C@@H](CCN)C(=O)N[C@H]1CCNC(=O)C([C@@H](C)O)NC(=O)[C@@H](CCN)NC(=O)[C@H](CCN)NC(=O)[C@@H](CC(C)C)NC(=O)[C@@H](CC(C)C)NC(=O)[C@H](CCN)NC1=O)[C@@H](C)O. The molecule has 29 heteroatoms. The number of nitrogens with two attached hydrogens (primary N) is 5. The van der Waals surface area contributed by atoms with Crippen LogP contribution in [0.1, 0.15) is 132 Å². The number of unbranched alkanes of at least 4 members (excludes halogenated alkanes) is 1. The standard InChI is InChI=1S/C52H98N16O13/c1-27(2)11-9-10-12-40(71)59-32(13-19-53)47(76)68-42(31(8)70)52(81)64-35(16-22-56)44(73)63-37-18-24-58-51(80)41(30(7)69)67-48(77)36(17-23-57)61-43(72)33(14-20-54)62-49(78)38(25-28(3)4)66-50(79)39(26-29(5)6)65-45(74)34(15-21-55)60-46(37)75/h27-39,41-42,69-70H,9-26,53-57H2,1-8H3,(H,58,80)(H,59,71)(H,60,75)(H,61,72)(H,62,78)(H,63,73)(H,64,81)(H,65,74)(H,66,79)(H,67,77)(H,68,76)/t30-,31-,32+,33+,34+,35+,36-,37+,38-,39-,41?,42+/m1/s1. The third-order valence-electron chi connectivity index (χ3n) is 13.1. The van der Waals surface area contributed by atoms with Crippen molar-refractivity contribution < 1.29 is 63.0 Å². The van der Waals surface area contributed by atoms with E-state index < -0.39 is 151 Å². The van der Waals surface area contributed by atoms with Crippen molar-refractivity contribution >= 4 is 65.0 Å². The molecule has 1 aliphatic rings. The third kappa shape index (κ3) is 27.5. The lowest BCUT2D eigenvalue weighted by Gasteiger charge is -2.29. The molecule has 81 heavy (non-hydrogen) atoms. The molecule has 1 heterocycles. The molecular formula is C52H98N16O13. The van der Waals surface area contributed by atoms with Crippen molar-refractivity contribution in [3.8, 4) is 0 Å². The van der Waals surface area contributed by atoms with Crippen molar-refractivity contribution in [2.24, 2.45) is 46.4 Å². The average Bonchev–Trinajstić information content (AvgIpc) is 3.41. The van der Waals surface area contributed by atoms with E-state index in [1.807, 2.05) is 0 Å². The van der Waals surface area contributed by atoms with E-state index in [1.54, 1.807) is 27.7 Å². The van der Waals surface area contributed by atoms with Gasteiger partial charge in [0.2, 0.25) is 65.0 Å². The molecule has 1 unspecified atom stereocenters. The number of aliphatic hydroxyl groups excluding tert-OH is 2. The van der Waals surface area contributed by atoms with Crippen molar-refractivity contribution in [2.75, 3.05) is 39.3 Å².